The number of aromatic nitrogens is 6. The molecule has 3 N–H and O–H groups in total. The maximum absolute atomic E-state index is 11.7. The van der Waals surface area contributed by atoms with Gasteiger partial charge in [-0.2, -0.15) is 5.10 Å². The normalized spacial score (nSPS) is 11.2. The minimum atomic E-state index is -0.0608. The molecule has 0 aliphatic heterocycles. The van der Waals surface area contributed by atoms with E-state index in [2.05, 4.69) is 35.5 Å². The Morgan fingerprint density at radius 2 is 2.00 bits per heavy atom. The smallest absolute Gasteiger partial charge is 0.224 e. The van der Waals surface area contributed by atoms with Gasteiger partial charge in [0.05, 0.1) is 40.3 Å². The molecule has 1 amide bonds. The van der Waals surface area contributed by atoms with Crippen LogP contribution in [0, 0.1) is 0 Å². The first-order valence-corrected chi connectivity index (χ1v) is 9.26. The van der Waals surface area contributed by atoms with Crippen molar-refractivity contribution in [3.05, 3.63) is 55.0 Å². The zero-order valence-corrected chi connectivity index (χ0v) is 15.6. The first-order chi connectivity index (χ1) is 14.2. The van der Waals surface area contributed by atoms with Crippen molar-refractivity contribution in [3.8, 4) is 22.8 Å². The standard InChI is InChI=1S/C21H17N7O/c1-2-19(29)24-13-7-12(9-22-10-13)17-8-14-18(11-23-17)27-28-20(14)21-25-15-5-3-4-6-16(15)26-21/h3-11H,2H2,1H3,(H,24,29)(H,25,26)(H,27,28). The predicted octanol–water partition coefficient (Wildman–Crippen LogP) is 3.91. The summed E-state index contributed by atoms with van der Waals surface area (Å²) in [6.45, 7) is 1.81. The third-order valence-corrected chi connectivity index (χ3v) is 4.70. The molecule has 29 heavy (non-hydrogen) atoms. The lowest BCUT2D eigenvalue weighted by Crippen LogP contribution is -2.09. The largest absolute Gasteiger partial charge is 0.337 e. The van der Waals surface area contributed by atoms with E-state index in [0.717, 1.165) is 38.9 Å². The van der Waals surface area contributed by atoms with E-state index < -0.39 is 0 Å². The van der Waals surface area contributed by atoms with Crippen LogP contribution in [-0.4, -0.2) is 36.0 Å². The van der Waals surface area contributed by atoms with Crippen LogP contribution in [0.5, 0.6) is 0 Å². The molecule has 0 saturated carbocycles. The van der Waals surface area contributed by atoms with Crippen LogP contribution in [0.3, 0.4) is 0 Å². The quantitative estimate of drug-likeness (QED) is 0.435. The van der Waals surface area contributed by atoms with Crippen molar-refractivity contribution in [2.45, 2.75) is 13.3 Å². The van der Waals surface area contributed by atoms with Gasteiger partial charge in [-0.15, -0.1) is 0 Å². The van der Waals surface area contributed by atoms with Crippen molar-refractivity contribution >= 4 is 33.5 Å². The Kier molecular flexibility index (Phi) is 4.02. The molecule has 1 aromatic carbocycles. The Balaban J connectivity index is 1.58. The van der Waals surface area contributed by atoms with Crippen molar-refractivity contribution < 1.29 is 4.79 Å². The second kappa shape index (κ2) is 6.83. The fourth-order valence-corrected chi connectivity index (χ4v) is 3.22. The fraction of sp³-hybridized carbons (Fsp3) is 0.0952. The molecular weight excluding hydrogens is 366 g/mol. The van der Waals surface area contributed by atoms with E-state index in [1.807, 2.05) is 36.4 Å². The van der Waals surface area contributed by atoms with Gasteiger partial charge in [-0.25, -0.2) is 4.98 Å². The van der Waals surface area contributed by atoms with Crippen molar-refractivity contribution in [1.29, 1.82) is 0 Å². The molecule has 0 atom stereocenters. The summed E-state index contributed by atoms with van der Waals surface area (Å²) in [6.07, 6.45) is 5.48. The zero-order valence-electron chi connectivity index (χ0n) is 15.6. The van der Waals surface area contributed by atoms with Crippen LogP contribution in [0.25, 0.3) is 44.7 Å². The van der Waals surface area contributed by atoms with Crippen molar-refractivity contribution in [2.24, 2.45) is 0 Å². The Morgan fingerprint density at radius 1 is 1.10 bits per heavy atom. The number of nitrogens with one attached hydrogen (secondary N) is 3. The van der Waals surface area contributed by atoms with E-state index in [-0.39, 0.29) is 5.91 Å². The van der Waals surface area contributed by atoms with Gasteiger partial charge >= 0.3 is 0 Å². The van der Waals surface area contributed by atoms with Crippen molar-refractivity contribution in [2.75, 3.05) is 5.32 Å². The number of pyridine rings is 2. The molecule has 0 saturated heterocycles. The van der Waals surface area contributed by atoms with E-state index in [4.69, 9.17) is 0 Å². The summed E-state index contributed by atoms with van der Waals surface area (Å²) < 4.78 is 0. The summed E-state index contributed by atoms with van der Waals surface area (Å²) >= 11 is 0. The van der Waals surface area contributed by atoms with Gasteiger partial charge in [0.1, 0.15) is 5.69 Å². The van der Waals surface area contributed by atoms with E-state index in [1.54, 1.807) is 25.5 Å². The summed E-state index contributed by atoms with van der Waals surface area (Å²) in [4.78, 5) is 28.4. The van der Waals surface area contributed by atoms with Gasteiger partial charge in [0.25, 0.3) is 0 Å². The van der Waals surface area contributed by atoms with Crippen LogP contribution in [0.4, 0.5) is 5.69 Å². The summed E-state index contributed by atoms with van der Waals surface area (Å²) in [5, 5.41) is 11.2. The summed E-state index contributed by atoms with van der Waals surface area (Å²) in [5.41, 5.74) is 5.55. The number of para-hydroxylation sites is 2. The van der Waals surface area contributed by atoms with Gasteiger partial charge in [0.2, 0.25) is 5.91 Å². The van der Waals surface area contributed by atoms with Gasteiger partial charge in [0, 0.05) is 23.6 Å². The molecule has 5 aromatic rings. The molecule has 0 aliphatic rings. The number of hydrogen-bond acceptors (Lipinski definition) is 5. The maximum Gasteiger partial charge on any atom is 0.224 e. The Bertz CT molecular complexity index is 1320. The highest BCUT2D eigenvalue weighted by Gasteiger charge is 2.14. The van der Waals surface area contributed by atoms with Gasteiger partial charge in [-0.05, 0) is 24.3 Å². The average Bonchev–Trinajstić information content (AvgIpc) is 3.37. The molecule has 5 rings (SSSR count). The topological polar surface area (TPSA) is 112 Å². The van der Waals surface area contributed by atoms with Gasteiger partial charge in [-0.1, -0.05) is 19.1 Å². The highest BCUT2D eigenvalue weighted by molar-refractivity contribution is 5.95. The van der Waals surface area contributed by atoms with E-state index in [9.17, 15) is 4.79 Å². The molecule has 0 fully saturated rings. The number of aromatic amines is 2. The number of hydrogen-bond donors (Lipinski definition) is 3. The molecule has 4 heterocycles. The Morgan fingerprint density at radius 3 is 2.86 bits per heavy atom. The lowest BCUT2D eigenvalue weighted by atomic mass is 10.1. The SMILES string of the molecule is CCC(=O)Nc1cncc(-c2cc3c(-c4nc5ccccc5[nH]4)n[nH]c3cn2)c1. The number of anilines is 1. The van der Waals surface area contributed by atoms with Crippen LogP contribution in [0.1, 0.15) is 13.3 Å². The maximum atomic E-state index is 11.7. The highest BCUT2D eigenvalue weighted by atomic mass is 16.1. The number of amides is 1. The molecule has 0 spiro atoms. The third kappa shape index (κ3) is 3.10. The molecule has 142 valence electrons. The van der Waals surface area contributed by atoms with Crippen LogP contribution in [0.15, 0.2) is 55.0 Å². The monoisotopic (exact) mass is 383 g/mol. The van der Waals surface area contributed by atoms with Gasteiger partial charge in [0.15, 0.2) is 5.82 Å². The van der Waals surface area contributed by atoms with E-state index in [1.165, 1.54) is 0 Å². The zero-order chi connectivity index (χ0) is 19.8. The highest BCUT2D eigenvalue weighted by Crippen LogP contribution is 2.29. The van der Waals surface area contributed by atoms with Crippen LogP contribution >= 0.6 is 0 Å². The van der Waals surface area contributed by atoms with E-state index in [0.29, 0.717) is 17.9 Å². The second-order valence-electron chi connectivity index (χ2n) is 6.65. The molecule has 4 aromatic heterocycles. The van der Waals surface area contributed by atoms with E-state index >= 15 is 0 Å². The lowest BCUT2D eigenvalue weighted by Gasteiger charge is -2.06. The number of imidazole rings is 1. The summed E-state index contributed by atoms with van der Waals surface area (Å²) in [7, 11) is 0. The van der Waals surface area contributed by atoms with Crippen LogP contribution in [-0.2, 0) is 4.79 Å². The number of carbonyl (C=O) groups is 1. The number of nitrogens with zero attached hydrogens (tertiary/aromatic N) is 4. The molecule has 0 bridgehead atoms. The average molecular weight is 383 g/mol. The van der Waals surface area contributed by atoms with Crippen LogP contribution < -0.4 is 5.32 Å². The van der Waals surface area contributed by atoms with Crippen LogP contribution in [0.2, 0.25) is 0 Å². The fourth-order valence-electron chi connectivity index (χ4n) is 3.22. The minimum absolute atomic E-state index is 0.0608. The first kappa shape index (κ1) is 17.1. The molecule has 8 heteroatoms. The summed E-state index contributed by atoms with van der Waals surface area (Å²) in [6, 6.07) is 11.7. The third-order valence-electron chi connectivity index (χ3n) is 4.70. The van der Waals surface area contributed by atoms with Crippen molar-refractivity contribution in [3.63, 3.8) is 0 Å². The Hall–Kier alpha value is -4.07. The summed E-state index contributed by atoms with van der Waals surface area (Å²) in [5.74, 6) is 0.631. The van der Waals surface area contributed by atoms with Crippen molar-refractivity contribution in [1.82, 2.24) is 30.1 Å². The number of fused-ring (bicyclic) bond motifs is 2. The van der Waals surface area contributed by atoms with Gasteiger partial charge < -0.3 is 10.3 Å². The van der Waals surface area contributed by atoms with Gasteiger partial charge in [-0.3, -0.25) is 19.9 Å². The lowest BCUT2D eigenvalue weighted by molar-refractivity contribution is -0.115. The molecule has 8 nitrogen and oxygen atoms in total. The molecule has 0 radical (unpaired) electrons. The first-order valence-electron chi connectivity index (χ1n) is 9.26. The second-order valence-corrected chi connectivity index (χ2v) is 6.65. The minimum Gasteiger partial charge on any atom is -0.337 e. The number of benzene rings is 1. The number of rotatable bonds is 4. The number of H-pyrrole nitrogens is 2. The molecule has 0 unspecified atom stereocenters. The Labute approximate surface area is 165 Å². The number of carbonyl (C=O) groups excluding carboxylic acids is 1. The predicted molar refractivity (Wildman–Crippen MR) is 111 cm³/mol. The molecular formula is C21H17N7O. The molecule has 0 aliphatic carbocycles.